The highest BCUT2D eigenvalue weighted by molar-refractivity contribution is 5.81. The molecule has 1 atom stereocenters. The minimum absolute atomic E-state index is 0.101. The number of aliphatic hydroxyl groups excluding tert-OH is 1. The maximum Gasteiger partial charge on any atom is 0.165 e. The lowest BCUT2D eigenvalue weighted by molar-refractivity contribution is 0.123. The van der Waals surface area contributed by atoms with E-state index in [1.54, 1.807) is 0 Å². The fourth-order valence-corrected chi connectivity index (χ4v) is 1.31. The van der Waals surface area contributed by atoms with Crippen molar-refractivity contribution in [1.29, 1.82) is 0 Å². The van der Waals surface area contributed by atoms with Crippen LogP contribution in [0.3, 0.4) is 0 Å². The van der Waals surface area contributed by atoms with E-state index in [9.17, 15) is 4.39 Å². The molecule has 15 heavy (non-hydrogen) atoms. The number of nitrogens with zero attached hydrogens (tertiary/aromatic N) is 4. The highest BCUT2D eigenvalue weighted by Gasteiger charge is 2.10. The van der Waals surface area contributed by atoms with Gasteiger partial charge in [-0.1, -0.05) is 0 Å². The third-order valence-corrected chi connectivity index (χ3v) is 2.02. The van der Waals surface area contributed by atoms with Gasteiger partial charge in [0, 0.05) is 0 Å². The number of aliphatic hydroxyl groups is 1. The lowest BCUT2D eigenvalue weighted by Gasteiger charge is -2.06. The van der Waals surface area contributed by atoms with E-state index in [1.807, 2.05) is 0 Å². The molecule has 2 aromatic rings. The Morgan fingerprint density at radius 2 is 2.27 bits per heavy atom. The molecule has 6 nitrogen and oxygen atoms in total. The summed E-state index contributed by atoms with van der Waals surface area (Å²) in [5, 5.41) is 9.16. The Bertz CT molecular complexity index is 471. The monoisotopic (exact) mass is 211 g/mol. The molecule has 0 aliphatic rings. The van der Waals surface area contributed by atoms with Crippen molar-refractivity contribution < 1.29 is 9.50 Å². The number of nitrogen functional groups attached to an aromatic ring is 1. The second-order valence-electron chi connectivity index (χ2n) is 3.14. The van der Waals surface area contributed by atoms with Crippen LogP contribution in [0.4, 0.5) is 10.2 Å². The van der Waals surface area contributed by atoms with Crippen LogP contribution in [-0.4, -0.2) is 37.4 Å². The van der Waals surface area contributed by atoms with Gasteiger partial charge in [0.2, 0.25) is 0 Å². The van der Waals surface area contributed by atoms with E-state index in [-0.39, 0.29) is 12.4 Å². The SMILES string of the molecule is Nc1ncnc2c1ncn2C[C@@H](O)CF. The molecule has 0 unspecified atom stereocenters. The quantitative estimate of drug-likeness (QED) is 0.730. The van der Waals surface area contributed by atoms with Crippen molar-refractivity contribution in [2.75, 3.05) is 12.4 Å². The second kappa shape index (κ2) is 3.77. The van der Waals surface area contributed by atoms with E-state index in [4.69, 9.17) is 10.8 Å². The molecule has 7 heteroatoms. The minimum Gasteiger partial charge on any atom is -0.389 e. The molecule has 0 spiro atoms. The van der Waals surface area contributed by atoms with Crippen molar-refractivity contribution in [1.82, 2.24) is 19.5 Å². The number of rotatable bonds is 3. The Balaban J connectivity index is 2.41. The lowest BCUT2D eigenvalue weighted by atomic mass is 10.4. The first-order valence-electron chi connectivity index (χ1n) is 4.37. The molecule has 2 aromatic heterocycles. The van der Waals surface area contributed by atoms with Crippen molar-refractivity contribution in [2.45, 2.75) is 12.6 Å². The van der Waals surface area contributed by atoms with Gasteiger partial charge in [-0.2, -0.15) is 0 Å². The third kappa shape index (κ3) is 1.73. The predicted molar refractivity (Wildman–Crippen MR) is 51.7 cm³/mol. The van der Waals surface area contributed by atoms with Crippen molar-refractivity contribution in [3.63, 3.8) is 0 Å². The number of imidazole rings is 1. The third-order valence-electron chi connectivity index (χ3n) is 2.02. The molecule has 0 aliphatic carbocycles. The van der Waals surface area contributed by atoms with Gasteiger partial charge in [-0.3, -0.25) is 0 Å². The number of hydrogen-bond donors (Lipinski definition) is 2. The standard InChI is InChI=1S/C8H10FN5O/c9-1-5(15)2-14-4-13-6-7(10)11-3-12-8(6)14/h3-5,15H,1-2H2,(H2,10,11,12)/t5-/m0/s1. The number of anilines is 1. The molecule has 0 saturated carbocycles. The Morgan fingerprint density at radius 3 is 3.00 bits per heavy atom. The zero-order chi connectivity index (χ0) is 10.8. The number of aromatic nitrogens is 4. The van der Waals surface area contributed by atoms with E-state index < -0.39 is 12.8 Å². The van der Waals surface area contributed by atoms with Gasteiger partial charge in [0.15, 0.2) is 11.5 Å². The zero-order valence-corrected chi connectivity index (χ0v) is 7.84. The normalized spacial score (nSPS) is 13.2. The molecule has 0 bridgehead atoms. The van der Waals surface area contributed by atoms with Gasteiger partial charge in [0.1, 0.15) is 24.6 Å². The first-order valence-corrected chi connectivity index (χ1v) is 4.37. The molecular weight excluding hydrogens is 201 g/mol. The largest absolute Gasteiger partial charge is 0.389 e. The summed E-state index contributed by atoms with van der Waals surface area (Å²) in [5.74, 6) is 0.272. The molecule has 2 heterocycles. The number of alkyl halides is 1. The smallest absolute Gasteiger partial charge is 0.165 e. The average Bonchev–Trinajstić information content (AvgIpc) is 2.63. The van der Waals surface area contributed by atoms with Crippen LogP contribution < -0.4 is 5.73 Å². The van der Waals surface area contributed by atoms with Crippen molar-refractivity contribution in [2.24, 2.45) is 0 Å². The maximum absolute atomic E-state index is 12.1. The Hall–Kier alpha value is -1.76. The zero-order valence-electron chi connectivity index (χ0n) is 7.84. The van der Waals surface area contributed by atoms with Gasteiger partial charge in [-0.05, 0) is 0 Å². The van der Waals surface area contributed by atoms with Crippen LogP contribution >= 0.6 is 0 Å². The molecule has 0 radical (unpaired) electrons. The first kappa shape index (κ1) is 9.78. The fourth-order valence-electron chi connectivity index (χ4n) is 1.31. The average molecular weight is 211 g/mol. The van der Waals surface area contributed by atoms with Crippen molar-refractivity contribution in [3.05, 3.63) is 12.7 Å². The summed E-state index contributed by atoms with van der Waals surface area (Å²) in [6, 6.07) is 0. The Morgan fingerprint density at radius 1 is 1.47 bits per heavy atom. The highest BCUT2D eigenvalue weighted by Crippen LogP contribution is 2.14. The number of halogens is 1. The second-order valence-corrected chi connectivity index (χ2v) is 3.14. The van der Waals surface area contributed by atoms with Crippen LogP contribution in [0, 0.1) is 0 Å². The lowest BCUT2D eigenvalue weighted by Crippen LogP contribution is -2.17. The van der Waals surface area contributed by atoms with E-state index in [0.29, 0.717) is 11.2 Å². The van der Waals surface area contributed by atoms with Crippen molar-refractivity contribution >= 4 is 17.0 Å². The summed E-state index contributed by atoms with van der Waals surface area (Å²) in [6.07, 6.45) is 1.70. The van der Waals surface area contributed by atoms with Crippen LogP contribution in [0.5, 0.6) is 0 Å². The number of fused-ring (bicyclic) bond motifs is 1. The minimum atomic E-state index is -1.06. The van der Waals surface area contributed by atoms with Gasteiger partial charge < -0.3 is 15.4 Å². The number of hydrogen-bond acceptors (Lipinski definition) is 5. The summed E-state index contributed by atoms with van der Waals surface area (Å²) in [7, 11) is 0. The summed E-state index contributed by atoms with van der Waals surface area (Å²) >= 11 is 0. The van der Waals surface area contributed by atoms with Crippen LogP contribution in [-0.2, 0) is 6.54 Å². The van der Waals surface area contributed by atoms with Gasteiger partial charge >= 0.3 is 0 Å². The molecule has 3 N–H and O–H groups in total. The van der Waals surface area contributed by atoms with Gasteiger partial charge in [-0.15, -0.1) is 0 Å². The first-order chi connectivity index (χ1) is 7.22. The molecule has 0 amide bonds. The molecular formula is C8H10FN5O. The topological polar surface area (TPSA) is 89.9 Å². The van der Waals surface area contributed by atoms with Crippen LogP contribution in [0.15, 0.2) is 12.7 Å². The summed E-state index contributed by atoms with van der Waals surface area (Å²) in [6.45, 7) is -0.705. The molecule has 0 saturated heterocycles. The Kier molecular flexibility index (Phi) is 2.46. The highest BCUT2D eigenvalue weighted by atomic mass is 19.1. The molecule has 0 aromatic carbocycles. The summed E-state index contributed by atoms with van der Waals surface area (Å²) < 4.78 is 13.7. The Labute approximate surface area is 84.6 Å². The summed E-state index contributed by atoms with van der Waals surface area (Å²) in [4.78, 5) is 11.7. The van der Waals surface area contributed by atoms with E-state index in [1.165, 1.54) is 17.2 Å². The van der Waals surface area contributed by atoms with Crippen LogP contribution in [0.2, 0.25) is 0 Å². The summed E-state index contributed by atoms with van der Waals surface area (Å²) in [5.41, 5.74) is 6.53. The van der Waals surface area contributed by atoms with Gasteiger partial charge in [0.05, 0.1) is 12.9 Å². The van der Waals surface area contributed by atoms with Gasteiger partial charge in [-0.25, -0.2) is 19.3 Å². The van der Waals surface area contributed by atoms with Crippen LogP contribution in [0.1, 0.15) is 0 Å². The van der Waals surface area contributed by atoms with E-state index in [0.717, 1.165) is 0 Å². The fraction of sp³-hybridized carbons (Fsp3) is 0.375. The van der Waals surface area contributed by atoms with Crippen molar-refractivity contribution in [3.8, 4) is 0 Å². The maximum atomic E-state index is 12.1. The van der Waals surface area contributed by atoms with Gasteiger partial charge in [0.25, 0.3) is 0 Å². The molecule has 0 aliphatic heterocycles. The molecule has 0 fully saturated rings. The van der Waals surface area contributed by atoms with Crippen LogP contribution in [0.25, 0.3) is 11.2 Å². The van der Waals surface area contributed by atoms with E-state index >= 15 is 0 Å². The number of nitrogens with two attached hydrogens (primary N) is 1. The molecule has 80 valence electrons. The van der Waals surface area contributed by atoms with E-state index in [2.05, 4.69) is 15.0 Å². The molecule has 2 rings (SSSR count). The predicted octanol–water partition coefficient (Wildman–Crippen LogP) is -0.261.